The van der Waals surface area contributed by atoms with Gasteiger partial charge in [-0.3, -0.25) is 0 Å². The average molecular weight is 327 g/mol. The van der Waals surface area contributed by atoms with Gasteiger partial charge in [0.1, 0.15) is 10.8 Å². The fourth-order valence-corrected chi connectivity index (χ4v) is 4.13. The van der Waals surface area contributed by atoms with Crippen molar-refractivity contribution >= 4 is 43.1 Å². The second-order valence-corrected chi connectivity index (χ2v) is 6.93. The van der Waals surface area contributed by atoms with Gasteiger partial charge in [0.15, 0.2) is 0 Å². The van der Waals surface area contributed by atoms with Crippen LogP contribution in [0.1, 0.15) is 0 Å². The molecule has 1 heterocycles. The number of aromatic nitrogens is 1. The van der Waals surface area contributed by atoms with Gasteiger partial charge in [0, 0.05) is 0 Å². The maximum Gasteiger partial charge on any atom is 0.128 e. The number of aromatic hydroxyl groups is 1. The van der Waals surface area contributed by atoms with Crippen molar-refractivity contribution in [2.45, 2.75) is 0 Å². The highest BCUT2D eigenvalue weighted by Crippen LogP contribution is 2.38. The highest BCUT2D eigenvalue weighted by Gasteiger charge is 2.12. The van der Waals surface area contributed by atoms with Gasteiger partial charge in [0.25, 0.3) is 0 Å². The van der Waals surface area contributed by atoms with Gasteiger partial charge in [0.2, 0.25) is 0 Å². The minimum absolute atomic E-state index is 0.275. The molecular formula is C21H13NOS. The average Bonchev–Trinajstić information content (AvgIpc) is 3.03. The zero-order valence-corrected chi connectivity index (χ0v) is 13.5. The highest BCUT2D eigenvalue weighted by atomic mass is 32.1. The van der Waals surface area contributed by atoms with E-state index in [1.165, 1.54) is 10.8 Å². The number of rotatable bonds is 1. The smallest absolute Gasteiger partial charge is 0.128 e. The van der Waals surface area contributed by atoms with Crippen molar-refractivity contribution in [2.24, 2.45) is 0 Å². The second-order valence-electron chi connectivity index (χ2n) is 5.90. The van der Waals surface area contributed by atoms with Crippen LogP contribution in [0.15, 0.2) is 72.8 Å². The summed E-state index contributed by atoms with van der Waals surface area (Å²) in [5.74, 6) is 0.275. The molecule has 0 saturated heterocycles. The summed E-state index contributed by atoms with van der Waals surface area (Å²) in [6, 6.07) is 24.5. The van der Waals surface area contributed by atoms with Crippen molar-refractivity contribution in [3.63, 3.8) is 0 Å². The second kappa shape index (κ2) is 5.05. The molecule has 0 saturated carbocycles. The van der Waals surface area contributed by atoms with E-state index in [0.717, 1.165) is 31.6 Å². The van der Waals surface area contributed by atoms with Gasteiger partial charge in [-0.25, -0.2) is 4.98 Å². The number of benzene rings is 4. The quantitative estimate of drug-likeness (QED) is 0.384. The molecule has 2 nitrogen and oxygen atoms in total. The van der Waals surface area contributed by atoms with E-state index in [9.17, 15) is 5.11 Å². The fraction of sp³-hybridized carbons (Fsp3) is 0. The molecule has 0 radical (unpaired) electrons. The van der Waals surface area contributed by atoms with Crippen LogP contribution in [0.3, 0.4) is 0 Å². The molecule has 0 bridgehead atoms. The summed E-state index contributed by atoms with van der Waals surface area (Å²) < 4.78 is 1.13. The first kappa shape index (κ1) is 13.5. The van der Waals surface area contributed by atoms with E-state index in [2.05, 4.69) is 35.3 Å². The maximum atomic E-state index is 10.5. The van der Waals surface area contributed by atoms with E-state index in [-0.39, 0.29) is 5.75 Å². The first-order chi connectivity index (χ1) is 11.8. The predicted molar refractivity (Wildman–Crippen MR) is 102 cm³/mol. The lowest BCUT2D eigenvalue weighted by Crippen LogP contribution is -1.81. The van der Waals surface area contributed by atoms with Crippen LogP contribution < -0.4 is 0 Å². The van der Waals surface area contributed by atoms with Gasteiger partial charge in [-0.15, -0.1) is 11.3 Å². The van der Waals surface area contributed by atoms with Crippen molar-refractivity contribution in [3.8, 4) is 16.3 Å². The Kier molecular flexibility index (Phi) is 2.84. The number of hydrogen-bond acceptors (Lipinski definition) is 3. The van der Waals surface area contributed by atoms with Crippen LogP contribution in [0.25, 0.3) is 42.3 Å². The molecule has 114 valence electrons. The number of thiazole rings is 1. The minimum Gasteiger partial charge on any atom is -0.507 e. The Labute approximate surface area is 142 Å². The van der Waals surface area contributed by atoms with Gasteiger partial charge in [-0.1, -0.05) is 36.4 Å². The standard InChI is InChI=1S/C21H13NOS/c23-19-12-16-10-14-6-2-1-5-13(14)9-15(16)11-17(19)21-22-18-7-3-4-8-20(18)24-21/h1-12,23H. The molecule has 0 aliphatic carbocycles. The maximum absolute atomic E-state index is 10.5. The SMILES string of the molecule is Oc1cc2cc3ccccc3cc2cc1-c1nc2ccccc2s1. The molecule has 5 rings (SSSR count). The highest BCUT2D eigenvalue weighted by molar-refractivity contribution is 7.21. The summed E-state index contributed by atoms with van der Waals surface area (Å²) in [4.78, 5) is 4.67. The third kappa shape index (κ3) is 2.06. The molecule has 5 aromatic rings. The van der Waals surface area contributed by atoms with Gasteiger partial charge in [-0.05, 0) is 57.9 Å². The van der Waals surface area contributed by atoms with Crippen molar-refractivity contribution in [3.05, 3.63) is 72.8 Å². The van der Waals surface area contributed by atoms with E-state index in [1.54, 1.807) is 11.3 Å². The van der Waals surface area contributed by atoms with Crippen LogP contribution in [0.2, 0.25) is 0 Å². The molecule has 0 amide bonds. The molecule has 0 unspecified atom stereocenters. The van der Waals surface area contributed by atoms with Crippen molar-refractivity contribution in [2.75, 3.05) is 0 Å². The Morgan fingerprint density at radius 2 is 1.38 bits per heavy atom. The summed E-state index contributed by atoms with van der Waals surface area (Å²) in [6.45, 7) is 0. The van der Waals surface area contributed by atoms with Crippen LogP contribution in [0, 0.1) is 0 Å². The third-order valence-electron chi connectivity index (χ3n) is 4.34. The summed E-state index contributed by atoms with van der Waals surface area (Å²) >= 11 is 1.61. The normalized spacial score (nSPS) is 11.5. The molecular weight excluding hydrogens is 314 g/mol. The van der Waals surface area contributed by atoms with E-state index >= 15 is 0 Å². The lowest BCUT2D eigenvalue weighted by molar-refractivity contribution is 0.478. The third-order valence-corrected chi connectivity index (χ3v) is 5.41. The molecule has 4 aromatic carbocycles. The number of hydrogen-bond donors (Lipinski definition) is 1. The topological polar surface area (TPSA) is 33.1 Å². The first-order valence-electron chi connectivity index (χ1n) is 7.79. The summed E-state index contributed by atoms with van der Waals surface area (Å²) in [6.07, 6.45) is 0. The molecule has 0 aliphatic rings. The van der Waals surface area contributed by atoms with Gasteiger partial charge >= 0.3 is 0 Å². The number of para-hydroxylation sites is 1. The Morgan fingerprint density at radius 1 is 0.708 bits per heavy atom. The number of phenolic OH excluding ortho intramolecular Hbond substituents is 1. The Balaban J connectivity index is 1.78. The zero-order chi connectivity index (χ0) is 16.1. The monoisotopic (exact) mass is 327 g/mol. The summed E-state index contributed by atoms with van der Waals surface area (Å²) in [7, 11) is 0. The molecule has 0 fully saturated rings. The fourth-order valence-electron chi connectivity index (χ4n) is 3.14. The van der Waals surface area contributed by atoms with Crippen LogP contribution in [-0.4, -0.2) is 10.1 Å². The Morgan fingerprint density at radius 3 is 2.12 bits per heavy atom. The number of fused-ring (bicyclic) bond motifs is 3. The van der Waals surface area contributed by atoms with E-state index in [1.807, 2.05) is 42.5 Å². The molecule has 24 heavy (non-hydrogen) atoms. The van der Waals surface area contributed by atoms with Gasteiger partial charge < -0.3 is 5.11 Å². The number of nitrogens with zero attached hydrogens (tertiary/aromatic N) is 1. The summed E-state index contributed by atoms with van der Waals surface area (Å²) in [5, 5.41) is 15.9. The van der Waals surface area contributed by atoms with Crippen LogP contribution in [-0.2, 0) is 0 Å². The van der Waals surface area contributed by atoms with Gasteiger partial charge in [0.05, 0.1) is 15.8 Å². The van der Waals surface area contributed by atoms with Crippen LogP contribution in [0.4, 0.5) is 0 Å². The molecule has 1 N–H and O–H groups in total. The summed E-state index contributed by atoms with van der Waals surface area (Å²) in [5.41, 5.74) is 1.76. The predicted octanol–water partition coefficient (Wildman–Crippen LogP) is 5.98. The van der Waals surface area contributed by atoms with Crippen molar-refractivity contribution in [1.82, 2.24) is 4.98 Å². The van der Waals surface area contributed by atoms with Crippen LogP contribution >= 0.6 is 11.3 Å². The van der Waals surface area contributed by atoms with Crippen molar-refractivity contribution < 1.29 is 5.11 Å². The lowest BCUT2D eigenvalue weighted by atomic mass is 10.0. The Hall–Kier alpha value is -2.91. The van der Waals surface area contributed by atoms with E-state index in [4.69, 9.17) is 0 Å². The van der Waals surface area contributed by atoms with Crippen molar-refractivity contribution in [1.29, 1.82) is 0 Å². The molecule has 0 atom stereocenters. The molecule has 3 heteroatoms. The molecule has 0 aliphatic heterocycles. The zero-order valence-electron chi connectivity index (χ0n) is 12.7. The molecule has 0 spiro atoms. The largest absolute Gasteiger partial charge is 0.507 e. The lowest BCUT2D eigenvalue weighted by Gasteiger charge is -2.06. The van der Waals surface area contributed by atoms with Gasteiger partial charge in [-0.2, -0.15) is 0 Å². The number of phenols is 1. The first-order valence-corrected chi connectivity index (χ1v) is 8.61. The van der Waals surface area contributed by atoms with E-state index in [0.29, 0.717) is 0 Å². The Bertz CT molecular complexity index is 1190. The minimum atomic E-state index is 0.275. The molecule has 1 aromatic heterocycles. The van der Waals surface area contributed by atoms with Crippen LogP contribution in [0.5, 0.6) is 5.75 Å². The van der Waals surface area contributed by atoms with E-state index < -0.39 is 0 Å².